The van der Waals surface area contributed by atoms with Crippen molar-refractivity contribution in [2.75, 3.05) is 0 Å². The van der Waals surface area contributed by atoms with Crippen LogP contribution in [-0.2, 0) is 5.41 Å². The molecular formula is C61H40N4. The summed E-state index contributed by atoms with van der Waals surface area (Å²) in [7, 11) is 0. The zero-order chi connectivity index (χ0) is 43.0. The van der Waals surface area contributed by atoms with Crippen molar-refractivity contribution in [2.45, 2.75) is 19.3 Å². The lowest BCUT2D eigenvalue weighted by atomic mass is 9.82. The summed E-state index contributed by atoms with van der Waals surface area (Å²) in [5.41, 5.74) is 16.2. The minimum atomic E-state index is -0.107. The van der Waals surface area contributed by atoms with Crippen LogP contribution < -0.4 is 0 Å². The predicted molar refractivity (Wildman–Crippen MR) is 272 cm³/mol. The molecule has 3 aromatic heterocycles. The Kier molecular flexibility index (Phi) is 7.42. The fourth-order valence-corrected chi connectivity index (χ4v) is 11.3. The van der Waals surface area contributed by atoms with E-state index in [-0.39, 0.29) is 5.41 Å². The highest BCUT2D eigenvalue weighted by atomic mass is 15.0. The summed E-state index contributed by atoms with van der Waals surface area (Å²) in [5.74, 6) is 0.713. The lowest BCUT2D eigenvalue weighted by molar-refractivity contribution is 0.660. The number of para-hydroxylation sites is 3. The Morgan fingerprint density at radius 2 is 1.05 bits per heavy atom. The molecule has 65 heavy (non-hydrogen) atoms. The van der Waals surface area contributed by atoms with Gasteiger partial charge in [-0.3, -0.25) is 0 Å². The van der Waals surface area contributed by atoms with E-state index < -0.39 is 0 Å². The minimum absolute atomic E-state index is 0.107. The zero-order valence-electron chi connectivity index (χ0n) is 35.9. The van der Waals surface area contributed by atoms with Crippen molar-refractivity contribution in [1.82, 2.24) is 19.1 Å². The Labute approximate surface area is 375 Å². The Bertz CT molecular complexity index is 4150. The van der Waals surface area contributed by atoms with Gasteiger partial charge in [-0.15, -0.1) is 0 Å². The molecule has 0 amide bonds. The zero-order valence-corrected chi connectivity index (χ0v) is 35.9. The van der Waals surface area contributed by atoms with Gasteiger partial charge in [-0.25, -0.2) is 9.97 Å². The molecule has 10 aromatic carbocycles. The van der Waals surface area contributed by atoms with Crippen molar-refractivity contribution in [3.05, 3.63) is 217 Å². The van der Waals surface area contributed by atoms with Crippen LogP contribution in [0.15, 0.2) is 206 Å². The maximum absolute atomic E-state index is 5.44. The molecular weight excluding hydrogens is 789 g/mol. The van der Waals surface area contributed by atoms with E-state index in [0.29, 0.717) is 5.82 Å². The first-order chi connectivity index (χ1) is 32.0. The van der Waals surface area contributed by atoms with Crippen LogP contribution in [-0.4, -0.2) is 19.1 Å². The van der Waals surface area contributed by atoms with Gasteiger partial charge < -0.3 is 9.13 Å². The highest BCUT2D eigenvalue weighted by Gasteiger charge is 2.37. The van der Waals surface area contributed by atoms with Crippen LogP contribution in [0.5, 0.6) is 0 Å². The molecule has 13 aromatic rings. The Morgan fingerprint density at radius 1 is 0.400 bits per heavy atom. The number of hydrogen-bond acceptors (Lipinski definition) is 2. The van der Waals surface area contributed by atoms with E-state index in [9.17, 15) is 0 Å². The largest absolute Gasteiger partial charge is 0.309 e. The van der Waals surface area contributed by atoms with Crippen molar-refractivity contribution >= 4 is 76.1 Å². The number of benzene rings is 10. The summed E-state index contributed by atoms with van der Waals surface area (Å²) in [6.07, 6.45) is 0. The van der Waals surface area contributed by atoms with Crippen LogP contribution in [0.3, 0.4) is 0 Å². The smallest absolute Gasteiger partial charge is 0.160 e. The molecule has 1 aliphatic carbocycles. The van der Waals surface area contributed by atoms with Gasteiger partial charge in [0.25, 0.3) is 0 Å². The quantitative estimate of drug-likeness (QED) is 0.177. The summed E-state index contributed by atoms with van der Waals surface area (Å²) in [6, 6.07) is 75.3. The number of hydrogen-bond donors (Lipinski definition) is 0. The van der Waals surface area contributed by atoms with E-state index >= 15 is 0 Å². The molecule has 0 atom stereocenters. The molecule has 0 saturated carbocycles. The molecule has 304 valence electrons. The second-order valence-corrected chi connectivity index (χ2v) is 18.1. The topological polar surface area (TPSA) is 35.6 Å². The molecule has 0 bridgehead atoms. The summed E-state index contributed by atoms with van der Waals surface area (Å²) < 4.78 is 4.91. The van der Waals surface area contributed by atoms with Crippen molar-refractivity contribution in [1.29, 1.82) is 0 Å². The maximum atomic E-state index is 5.44. The molecule has 0 spiro atoms. The average molecular weight is 829 g/mol. The van der Waals surface area contributed by atoms with Gasteiger partial charge in [0.2, 0.25) is 0 Å². The van der Waals surface area contributed by atoms with Gasteiger partial charge in [0.15, 0.2) is 5.82 Å². The van der Waals surface area contributed by atoms with Gasteiger partial charge in [-0.2, -0.15) is 0 Å². The first-order valence-electron chi connectivity index (χ1n) is 22.5. The molecule has 0 aliphatic heterocycles. The Balaban J connectivity index is 0.955. The van der Waals surface area contributed by atoms with Crippen molar-refractivity contribution in [2.24, 2.45) is 0 Å². The van der Waals surface area contributed by atoms with Crippen LogP contribution in [0.4, 0.5) is 0 Å². The van der Waals surface area contributed by atoms with E-state index in [1.165, 1.54) is 87.6 Å². The second-order valence-electron chi connectivity index (χ2n) is 18.1. The standard InChI is InChI=1S/C61H40N4/c1-61(2)50-23-9-5-20-45(50)57-47(22-14-24-51(57)61)58-46-21-6-10-25-52(46)62-60(63-58)38-29-32-40(33-30-38)64-53-26-11-8-19-43(53)49-35-39-16-13-28-55(48(39)36-56(49)64)65-54-27-12-7-18-42(54)44-34-31-37-15-3-4-17-41(37)59(44)65/h3-36H,1-2H3. The SMILES string of the molecule is CC1(C)c2ccccc2-c2c(-c3nc(-c4ccc(-n5c6ccccc6c6cc7cccc(-n8c9ccccc9c9ccc%10ccccc%10c98)c7cc65)cc4)nc4ccccc34)cccc21. The predicted octanol–water partition coefficient (Wildman–Crippen LogP) is 15.8. The molecule has 4 heteroatoms. The third-order valence-corrected chi connectivity index (χ3v) is 14.3. The van der Waals surface area contributed by atoms with Gasteiger partial charge in [0.1, 0.15) is 0 Å². The van der Waals surface area contributed by atoms with Gasteiger partial charge >= 0.3 is 0 Å². The van der Waals surface area contributed by atoms with E-state index in [1.54, 1.807) is 0 Å². The summed E-state index contributed by atoms with van der Waals surface area (Å²) >= 11 is 0. The molecule has 0 unspecified atom stereocenters. The molecule has 0 saturated heterocycles. The third kappa shape index (κ3) is 5.08. The highest BCUT2D eigenvalue weighted by Crippen LogP contribution is 2.52. The lowest BCUT2D eigenvalue weighted by Gasteiger charge is -2.21. The monoisotopic (exact) mass is 828 g/mol. The average Bonchev–Trinajstić information content (AvgIpc) is 3.95. The highest BCUT2D eigenvalue weighted by molar-refractivity contribution is 6.20. The molecule has 0 fully saturated rings. The molecule has 0 radical (unpaired) electrons. The Morgan fingerprint density at radius 3 is 1.89 bits per heavy atom. The van der Waals surface area contributed by atoms with Crippen molar-refractivity contribution in [3.63, 3.8) is 0 Å². The number of fused-ring (bicyclic) bond motifs is 13. The number of aromatic nitrogens is 4. The maximum Gasteiger partial charge on any atom is 0.160 e. The van der Waals surface area contributed by atoms with Crippen LogP contribution in [0.2, 0.25) is 0 Å². The van der Waals surface area contributed by atoms with E-state index in [4.69, 9.17) is 9.97 Å². The molecule has 14 rings (SSSR count). The van der Waals surface area contributed by atoms with Gasteiger partial charge in [-0.1, -0.05) is 159 Å². The first-order valence-corrected chi connectivity index (χ1v) is 22.5. The van der Waals surface area contributed by atoms with Gasteiger partial charge in [-0.05, 0) is 93.7 Å². The Hall–Kier alpha value is -8.34. The van der Waals surface area contributed by atoms with E-state index in [1.807, 2.05) is 0 Å². The van der Waals surface area contributed by atoms with Crippen LogP contribution in [0.25, 0.3) is 121 Å². The minimum Gasteiger partial charge on any atom is -0.309 e. The van der Waals surface area contributed by atoms with Crippen LogP contribution in [0, 0.1) is 0 Å². The summed E-state index contributed by atoms with van der Waals surface area (Å²) in [4.78, 5) is 10.6. The van der Waals surface area contributed by atoms with Crippen LogP contribution in [0.1, 0.15) is 25.0 Å². The fourth-order valence-electron chi connectivity index (χ4n) is 11.3. The molecule has 3 heterocycles. The summed E-state index contributed by atoms with van der Waals surface area (Å²) in [5, 5.41) is 10.9. The van der Waals surface area contributed by atoms with E-state index in [2.05, 4.69) is 229 Å². The fraction of sp³-hybridized carbons (Fsp3) is 0.0492. The lowest BCUT2D eigenvalue weighted by Crippen LogP contribution is -2.14. The third-order valence-electron chi connectivity index (χ3n) is 14.3. The molecule has 0 N–H and O–H groups in total. The first kappa shape index (κ1) is 36.2. The van der Waals surface area contributed by atoms with Gasteiger partial charge in [0.05, 0.1) is 39.0 Å². The van der Waals surface area contributed by atoms with Gasteiger partial charge in [0, 0.05) is 59.9 Å². The van der Waals surface area contributed by atoms with Crippen LogP contribution >= 0.6 is 0 Å². The summed E-state index contributed by atoms with van der Waals surface area (Å²) in [6.45, 7) is 4.66. The normalized spacial score (nSPS) is 13.2. The number of nitrogens with zero attached hydrogens (tertiary/aromatic N) is 4. The van der Waals surface area contributed by atoms with E-state index in [0.717, 1.165) is 38.9 Å². The second kappa shape index (κ2) is 13.3. The van der Waals surface area contributed by atoms with Crippen molar-refractivity contribution in [3.8, 4) is 45.1 Å². The van der Waals surface area contributed by atoms with Crippen molar-refractivity contribution < 1.29 is 0 Å². The molecule has 1 aliphatic rings. The number of rotatable bonds is 4. The molecule has 4 nitrogen and oxygen atoms in total.